The highest BCUT2D eigenvalue weighted by Crippen LogP contribution is 2.29. The highest BCUT2D eigenvalue weighted by molar-refractivity contribution is 6.31. The molecular formula is C17H18ClFN6. The van der Waals surface area contributed by atoms with E-state index >= 15 is 0 Å². The van der Waals surface area contributed by atoms with Crippen LogP contribution in [0.2, 0.25) is 5.02 Å². The minimum absolute atomic E-state index is 0.125. The second-order valence-electron chi connectivity index (χ2n) is 6.41. The average Bonchev–Trinajstić information content (AvgIpc) is 3.00. The molecule has 25 heavy (non-hydrogen) atoms. The molecule has 0 saturated heterocycles. The molecule has 0 amide bonds. The normalized spacial score (nSPS) is 20.8. The quantitative estimate of drug-likeness (QED) is 0.664. The van der Waals surface area contributed by atoms with E-state index in [1.54, 1.807) is 18.5 Å². The van der Waals surface area contributed by atoms with E-state index in [2.05, 4.69) is 25.3 Å². The van der Waals surface area contributed by atoms with Crippen molar-refractivity contribution in [1.82, 2.24) is 19.9 Å². The molecule has 130 valence electrons. The second kappa shape index (κ2) is 6.57. The highest BCUT2D eigenvalue weighted by atomic mass is 35.5. The molecule has 6 nitrogen and oxygen atoms in total. The minimum atomic E-state index is -0.473. The molecule has 0 aliphatic heterocycles. The van der Waals surface area contributed by atoms with Crippen molar-refractivity contribution >= 4 is 28.5 Å². The van der Waals surface area contributed by atoms with E-state index in [0.29, 0.717) is 16.5 Å². The third kappa shape index (κ3) is 3.29. The molecule has 8 heteroatoms. The summed E-state index contributed by atoms with van der Waals surface area (Å²) in [6.45, 7) is 0. The van der Waals surface area contributed by atoms with Crippen LogP contribution in [0.1, 0.15) is 25.7 Å². The average molecular weight is 361 g/mol. The number of H-pyrrole nitrogens is 1. The highest BCUT2D eigenvalue weighted by Gasteiger charge is 2.21. The number of hydrogen-bond donors (Lipinski definition) is 3. The molecule has 0 unspecified atom stereocenters. The maximum Gasteiger partial charge on any atom is 0.183 e. The predicted molar refractivity (Wildman–Crippen MR) is 95.9 cm³/mol. The van der Waals surface area contributed by atoms with E-state index in [4.69, 9.17) is 17.3 Å². The minimum Gasteiger partial charge on any atom is -0.365 e. The van der Waals surface area contributed by atoms with E-state index in [9.17, 15) is 4.39 Å². The van der Waals surface area contributed by atoms with Gasteiger partial charge in [0.2, 0.25) is 0 Å². The molecule has 4 rings (SSSR count). The number of aromatic amines is 1. The van der Waals surface area contributed by atoms with E-state index < -0.39 is 5.82 Å². The first kappa shape index (κ1) is 16.2. The summed E-state index contributed by atoms with van der Waals surface area (Å²) in [6, 6.07) is 2.06. The van der Waals surface area contributed by atoms with Gasteiger partial charge in [0, 0.05) is 35.4 Å². The number of halogens is 2. The van der Waals surface area contributed by atoms with Crippen LogP contribution in [0.3, 0.4) is 0 Å². The molecule has 1 saturated carbocycles. The van der Waals surface area contributed by atoms with E-state index in [1.165, 1.54) is 6.20 Å². The number of pyridine rings is 1. The van der Waals surface area contributed by atoms with Crippen molar-refractivity contribution in [2.24, 2.45) is 5.73 Å². The fraction of sp³-hybridized carbons (Fsp3) is 0.353. The molecule has 2 atom stereocenters. The third-order valence-electron chi connectivity index (χ3n) is 4.54. The van der Waals surface area contributed by atoms with Crippen LogP contribution >= 0.6 is 11.6 Å². The lowest BCUT2D eigenvalue weighted by molar-refractivity contribution is 0.407. The molecule has 3 aromatic rings. The molecule has 4 N–H and O–H groups in total. The number of anilines is 1. The Morgan fingerprint density at radius 3 is 3.00 bits per heavy atom. The summed E-state index contributed by atoms with van der Waals surface area (Å²) >= 11 is 6.03. The first-order chi connectivity index (χ1) is 12.1. The van der Waals surface area contributed by atoms with Crippen LogP contribution in [-0.2, 0) is 0 Å². The largest absolute Gasteiger partial charge is 0.365 e. The van der Waals surface area contributed by atoms with Crippen LogP contribution in [0.15, 0.2) is 24.7 Å². The molecule has 3 aromatic heterocycles. The van der Waals surface area contributed by atoms with Gasteiger partial charge in [-0.15, -0.1) is 0 Å². The lowest BCUT2D eigenvalue weighted by atomic mass is 9.92. The van der Waals surface area contributed by atoms with Crippen molar-refractivity contribution in [2.75, 3.05) is 5.32 Å². The fourth-order valence-corrected chi connectivity index (χ4v) is 3.47. The molecule has 0 radical (unpaired) electrons. The molecule has 3 heterocycles. The van der Waals surface area contributed by atoms with Gasteiger partial charge in [-0.25, -0.2) is 19.3 Å². The van der Waals surface area contributed by atoms with Gasteiger partial charge in [0.25, 0.3) is 0 Å². The van der Waals surface area contributed by atoms with Crippen LogP contribution < -0.4 is 11.1 Å². The van der Waals surface area contributed by atoms with Crippen molar-refractivity contribution < 1.29 is 4.39 Å². The van der Waals surface area contributed by atoms with Crippen molar-refractivity contribution in [3.63, 3.8) is 0 Å². The fourth-order valence-electron chi connectivity index (χ4n) is 3.31. The first-order valence-corrected chi connectivity index (χ1v) is 8.65. The Labute approximate surface area is 149 Å². The molecule has 0 aromatic carbocycles. The second-order valence-corrected chi connectivity index (χ2v) is 6.85. The summed E-state index contributed by atoms with van der Waals surface area (Å²) < 4.78 is 14.2. The molecular weight excluding hydrogens is 343 g/mol. The van der Waals surface area contributed by atoms with Gasteiger partial charge < -0.3 is 16.0 Å². The Bertz CT molecular complexity index is 911. The van der Waals surface area contributed by atoms with E-state index in [1.807, 2.05) is 0 Å². The van der Waals surface area contributed by atoms with Gasteiger partial charge in [0.1, 0.15) is 5.65 Å². The number of fused-ring (bicyclic) bond motifs is 1. The summed E-state index contributed by atoms with van der Waals surface area (Å²) in [5.41, 5.74) is 7.42. The number of rotatable bonds is 3. The number of nitrogens with zero attached hydrogens (tertiary/aromatic N) is 3. The number of aromatic nitrogens is 4. The van der Waals surface area contributed by atoms with Gasteiger partial charge in [-0.3, -0.25) is 0 Å². The number of nitrogens with two attached hydrogens (primary N) is 1. The topological polar surface area (TPSA) is 92.5 Å². The van der Waals surface area contributed by atoms with Crippen LogP contribution in [0.25, 0.3) is 22.4 Å². The predicted octanol–water partition coefficient (Wildman–Crippen LogP) is 3.49. The maximum atomic E-state index is 14.2. The van der Waals surface area contributed by atoms with E-state index in [-0.39, 0.29) is 17.9 Å². The zero-order valence-corrected chi connectivity index (χ0v) is 14.2. The Kier molecular flexibility index (Phi) is 4.27. The monoisotopic (exact) mass is 360 g/mol. The van der Waals surface area contributed by atoms with Crippen molar-refractivity contribution in [2.45, 2.75) is 37.8 Å². The van der Waals surface area contributed by atoms with Crippen LogP contribution in [0.4, 0.5) is 10.2 Å². The van der Waals surface area contributed by atoms with Gasteiger partial charge in [0.05, 0.1) is 11.2 Å². The van der Waals surface area contributed by atoms with E-state index in [0.717, 1.165) is 36.6 Å². The molecule has 0 bridgehead atoms. The standard InChI is InChI=1S/C17H18ClFN6/c18-9-4-12-13(7-22-15(12)21-6-9)16-23-8-14(19)17(25-16)24-11-3-1-2-10(20)5-11/h4,6-8,10-11H,1-3,5,20H2,(H,21,22)(H,23,24,25)/t10-,11+/m0/s1. The zero-order chi connectivity index (χ0) is 17.4. The summed E-state index contributed by atoms with van der Waals surface area (Å²) in [5, 5.41) is 4.50. The summed E-state index contributed by atoms with van der Waals surface area (Å²) in [4.78, 5) is 15.8. The molecule has 1 aliphatic rings. The van der Waals surface area contributed by atoms with Gasteiger partial charge in [-0.1, -0.05) is 11.6 Å². The lowest BCUT2D eigenvalue weighted by Crippen LogP contribution is -2.35. The van der Waals surface area contributed by atoms with Crippen molar-refractivity contribution in [3.8, 4) is 11.4 Å². The third-order valence-corrected chi connectivity index (χ3v) is 4.75. The Morgan fingerprint density at radius 1 is 1.28 bits per heavy atom. The molecule has 1 aliphatic carbocycles. The number of hydrogen-bond acceptors (Lipinski definition) is 5. The first-order valence-electron chi connectivity index (χ1n) is 8.28. The SMILES string of the molecule is N[C@H]1CCC[C@@H](Nc2nc(-c3c[nH]c4ncc(Cl)cc34)ncc2F)C1. The van der Waals surface area contributed by atoms with Crippen molar-refractivity contribution in [1.29, 1.82) is 0 Å². The number of nitrogens with one attached hydrogen (secondary N) is 2. The molecule has 1 fully saturated rings. The van der Waals surface area contributed by atoms with Gasteiger partial charge in [-0.2, -0.15) is 0 Å². The Morgan fingerprint density at radius 2 is 2.16 bits per heavy atom. The van der Waals surface area contributed by atoms with Gasteiger partial charge in [0.15, 0.2) is 17.5 Å². The van der Waals surface area contributed by atoms with Crippen LogP contribution in [-0.4, -0.2) is 32.0 Å². The summed E-state index contributed by atoms with van der Waals surface area (Å²) in [6.07, 6.45) is 8.31. The maximum absolute atomic E-state index is 14.2. The van der Waals surface area contributed by atoms with Crippen LogP contribution in [0.5, 0.6) is 0 Å². The van der Waals surface area contributed by atoms with Crippen LogP contribution in [0, 0.1) is 5.82 Å². The smallest absolute Gasteiger partial charge is 0.183 e. The summed E-state index contributed by atoms with van der Waals surface area (Å²) in [7, 11) is 0. The molecule has 0 spiro atoms. The lowest BCUT2D eigenvalue weighted by Gasteiger charge is -2.27. The zero-order valence-electron chi connectivity index (χ0n) is 13.5. The summed E-state index contributed by atoms with van der Waals surface area (Å²) in [5.74, 6) is 0.145. The van der Waals surface area contributed by atoms with Crippen molar-refractivity contribution in [3.05, 3.63) is 35.5 Å². The van der Waals surface area contributed by atoms with Gasteiger partial charge in [-0.05, 0) is 31.7 Å². The Hall–Kier alpha value is -2.25. The van der Waals surface area contributed by atoms with Gasteiger partial charge >= 0.3 is 0 Å². The Balaban J connectivity index is 1.67.